The summed E-state index contributed by atoms with van der Waals surface area (Å²) in [5.74, 6) is 0.542. The van der Waals surface area contributed by atoms with Gasteiger partial charge in [0.25, 0.3) is 0 Å². The fraction of sp³-hybridized carbons (Fsp3) is 0.533. The Bertz CT molecular complexity index is 493. The van der Waals surface area contributed by atoms with E-state index in [2.05, 4.69) is 17.1 Å². The molecule has 1 heterocycles. The van der Waals surface area contributed by atoms with Crippen LogP contribution in [-0.2, 0) is 9.53 Å². The molecule has 1 aromatic carbocycles. The number of amides is 1. The van der Waals surface area contributed by atoms with Gasteiger partial charge in [0.05, 0.1) is 26.0 Å². The Hall–Kier alpha value is -1.79. The predicted octanol–water partition coefficient (Wildman–Crippen LogP) is 1.33. The van der Waals surface area contributed by atoms with Crippen LogP contribution in [0.2, 0.25) is 0 Å². The lowest BCUT2D eigenvalue weighted by molar-refractivity contribution is -0.117. The van der Waals surface area contributed by atoms with Crippen LogP contribution in [0, 0.1) is 0 Å². The van der Waals surface area contributed by atoms with Crippen molar-refractivity contribution in [2.24, 2.45) is 0 Å². The minimum Gasteiger partial charge on any atom is -0.494 e. The number of morpholine rings is 1. The minimum absolute atomic E-state index is 0.0308. The lowest BCUT2D eigenvalue weighted by atomic mass is 10.2. The number of hydrogen-bond acceptors (Lipinski definition) is 5. The molecule has 0 bridgehead atoms. The SMILES string of the molecule is COc1cc(N)ccc1NC(=O)CCN1CCOCC1C. The number of anilines is 2. The average Bonchev–Trinajstić information content (AvgIpc) is 2.48. The van der Waals surface area contributed by atoms with Crippen LogP contribution in [0.4, 0.5) is 11.4 Å². The van der Waals surface area contributed by atoms with Crippen molar-refractivity contribution in [3.8, 4) is 5.75 Å². The lowest BCUT2D eigenvalue weighted by Crippen LogP contribution is -2.44. The molecule has 2 rings (SSSR count). The number of methoxy groups -OCH3 is 1. The van der Waals surface area contributed by atoms with Crippen molar-refractivity contribution in [1.29, 1.82) is 0 Å². The fourth-order valence-corrected chi connectivity index (χ4v) is 2.36. The van der Waals surface area contributed by atoms with Crippen molar-refractivity contribution < 1.29 is 14.3 Å². The van der Waals surface area contributed by atoms with Gasteiger partial charge in [-0.05, 0) is 19.1 Å². The molecular formula is C15H23N3O3. The average molecular weight is 293 g/mol. The zero-order valence-electron chi connectivity index (χ0n) is 12.6. The van der Waals surface area contributed by atoms with E-state index in [1.165, 1.54) is 0 Å². The summed E-state index contributed by atoms with van der Waals surface area (Å²) in [6, 6.07) is 5.54. The van der Waals surface area contributed by atoms with Crippen LogP contribution >= 0.6 is 0 Å². The molecule has 1 aliphatic rings. The molecule has 0 saturated carbocycles. The minimum atomic E-state index is -0.0308. The third-order valence-corrected chi connectivity index (χ3v) is 3.63. The second-order valence-electron chi connectivity index (χ2n) is 5.22. The molecule has 0 radical (unpaired) electrons. The van der Waals surface area contributed by atoms with Gasteiger partial charge in [0.15, 0.2) is 0 Å². The summed E-state index contributed by atoms with van der Waals surface area (Å²) >= 11 is 0. The van der Waals surface area contributed by atoms with Gasteiger partial charge in [-0.25, -0.2) is 0 Å². The maximum absolute atomic E-state index is 12.1. The quantitative estimate of drug-likeness (QED) is 0.801. The van der Waals surface area contributed by atoms with Crippen molar-refractivity contribution >= 4 is 17.3 Å². The first-order chi connectivity index (χ1) is 10.1. The number of benzene rings is 1. The van der Waals surface area contributed by atoms with Crippen molar-refractivity contribution in [2.45, 2.75) is 19.4 Å². The van der Waals surface area contributed by atoms with Crippen LogP contribution in [0.25, 0.3) is 0 Å². The second-order valence-corrected chi connectivity index (χ2v) is 5.22. The molecule has 6 nitrogen and oxygen atoms in total. The van der Waals surface area contributed by atoms with Gasteiger partial charge < -0.3 is 20.5 Å². The van der Waals surface area contributed by atoms with E-state index in [-0.39, 0.29) is 5.91 Å². The largest absolute Gasteiger partial charge is 0.494 e. The molecule has 3 N–H and O–H groups in total. The van der Waals surface area contributed by atoms with Crippen LogP contribution in [0.1, 0.15) is 13.3 Å². The van der Waals surface area contributed by atoms with Gasteiger partial charge in [-0.15, -0.1) is 0 Å². The maximum atomic E-state index is 12.1. The Kier molecular flexibility index (Phi) is 5.41. The van der Waals surface area contributed by atoms with E-state index in [0.29, 0.717) is 29.6 Å². The van der Waals surface area contributed by atoms with Crippen molar-refractivity contribution in [3.05, 3.63) is 18.2 Å². The Labute approximate surface area is 125 Å². The van der Waals surface area contributed by atoms with E-state index in [4.69, 9.17) is 15.2 Å². The van der Waals surface area contributed by atoms with Crippen LogP contribution < -0.4 is 15.8 Å². The predicted molar refractivity (Wildman–Crippen MR) is 82.5 cm³/mol. The molecule has 6 heteroatoms. The van der Waals surface area contributed by atoms with Crippen LogP contribution in [0.15, 0.2) is 18.2 Å². The molecule has 0 aromatic heterocycles. The standard InChI is InChI=1S/C15H23N3O3/c1-11-10-21-8-7-18(11)6-5-15(19)17-13-4-3-12(16)9-14(13)20-2/h3-4,9,11H,5-8,10,16H2,1-2H3,(H,17,19). The monoisotopic (exact) mass is 293 g/mol. The molecule has 0 spiro atoms. The van der Waals surface area contributed by atoms with Crippen molar-refractivity contribution in [1.82, 2.24) is 4.90 Å². The normalized spacial score (nSPS) is 19.2. The van der Waals surface area contributed by atoms with Gasteiger partial charge in [-0.1, -0.05) is 0 Å². The molecule has 1 amide bonds. The Morgan fingerprint density at radius 1 is 1.57 bits per heavy atom. The smallest absolute Gasteiger partial charge is 0.225 e. The van der Waals surface area contributed by atoms with E-state index >= 15 is 0 Å². The van der Waals surface area contributed by atoms with Gasteiger partial charge in [-0.2, -0.15) is 0 Å². The van der Waals surface area contributed by atoms with Gasteiger partial charge in [0, 0.05) is 37.3 Å². The van der Waals surface area contributed by atoms with E-state index in [1.807, 2.05) is 0 Å². The summed E-state index contributed by atoms with van der Waals surface area (Å²) in [6.45, 7) is 5.18. The van der Waals surface area contributed by atoms with Crippen LogP contribution in [-0.4, -0.2) is 50.3 Å². The number of rotatable bonds is 5. The summed E-state index contributed by atoms with van der Waals surface area (Å²) in [5.41, 5.74) is 6.94. The summed E-state index contributed by atoms with van der Waals surface area (Å²) in [7, 11) is 1.56. The third-order valence-electron chi connectivity index (χ3n) is 3.63. The van der Waals surface area contributed by atoms with Crippen molar-refractivity contribution in [2.75, 3.05) is 44.5 Å². The lowest BCUT2D eigenvalue weighted by Gasteiger charge is -2.32. The summed E-state index contributed by atoms with van der Waals surface area (Å²) in [6.07, 6.45) is 0.442. The molecule has 1 unspecified atom stereocenters. The molecule has 1 saturated heterocycles. The summed E-state index contributed by atoms with van der Waals surface area (Å²) in [4.78, 5) is 14.3. The molecule has 1 aliphatic heterocycles. The molecule has 1 fully saturated rings. The van der Waals surface area contributed by atoms with Gasteiger partial charge in [0.2, 0.25) is 5.91 Å². The number of nitrogens with zero attached hydrogens (tertiary/aromatic N) is 1. The highest BCUT2D eigenvalue weighted by Gasteiger charge is 2.19. The zero-order chi connectivity index (χ0) is 15.2. The number of ether oxygens (including phenoxy) is 2. The molecule has 21 heavy (non-hydrogen) atoms. The van der Waals surface area contributed by atoms with Gasteiger partial charge >= 0.3 is 0 Å². The fourth-order valence-electron chi connectivity index (χ4n) is 2.36. The second kappa shape index (κ2) is 7.28. The summed E-state index contributed by atoms with van der Waals surface area (Å²) in [5, 5.41) is 2.87. The van der Waals surface area contributed by atoms with Crippen LogP contribution in [0.3, 0.4) is 0 Å². The van der Waals surface area contributed by atoms with Crippen molar-refractivity contribution in [3.63, 3.8) is 0 Å². The zero-order valence-corrected chi connectivity index (χ0v) is 12.6. The number of nitrogens with one attached hydrogen (secondary N) is 1. The number of nitrogen functional groups attached to an aromatic ring is 1. The topological polar surface area (TPSA) is 76.8 Å². The number of carbonyl (C=O) groups is 1. The highest BCUT2D eigenvalue weighted by Crippen LogP contribution is 2.26. The molecule has 1 aromatic rings. The first kappa shape index (κ1) is 15.6. The van der Waals surface area contributed by atoms with E-state index in [9.17, 15) is 4.79 Å². The first-order valence-electron chi connectivity index (χ1n) is 7.15. The van der Waals surface area contributed by atoms with E-state index < -0.39 is 0 Å². The van der Waals surface area contributed by atoms with E-state index in [0.717, 1.165) is 26.3 Å². The Morgan fingerprint density at radius 2 is 2.38 bits per heavy atom. The van der Waals surface area contributed by atoms with Gasteiger partial charge in [0.1, 0.15) is 5.75 Å². The Morgan fingerprint density at radius 3 is 3.10 bits per heavy atom. The molecule has 116 valence electrons. The number of carbonyl (C=O) groups excluding carboxylic acids is 1. The maximum Gasteiger partial charge on any atom is 0.225 e. The van der Waals surface area contributed by atoms with Crippen LogP contribution in [0.5, 0.6) is 5.75 Å². The first-order valence-corrected chi connectivity index (χ1v) is 7.15. The number of hydrogen-bond donors (Lipinski definition) is 2. The Balaban J connectivity index is 1.87. The highest BCUT2D eigenvalue weighted by molar-refractivity contribution is 5.92. The highest BCUT2D eigenvalue weighted by atomic mass is 16.5. The molecular weight excluding hydrogens is 270 g/mol. The number of nitrogens with two attached hydrogens (primary N) is 1. The van der Waals surface area contributed by atoms with E-state index in [1.54, 1.807) is 25.3 Å². The van der Waals surface area contributed by atoms with Gasteiger partial charge in [-0.3, -0.25) is 9.69 Å². The molecule has 1 atom stereocenters. The third kappa shape index (κ3) is 4.34. The summed E-state index contributed by atoms with van der Waals surface area (Å²) < 4.78 is 10.6. The molecule has 0 aliphatic carbocycles.